The number of ether oxygens (including phenoxy) is 1. The predicted octanol–water partition coefficient (Wildman–Crippen LogP) is 4.24. The maximum Gasteiger partial charge on any atom is 0.222 e. The molecule has 0 aliphatic carbocycles. The van der Waals surface area contributed by atoms with Gasteiger partial charge in [0.05, 0.1) is 6.61 Å². The third kappa shape index (κ3) is 7.38. The number of benzene rings is 2. The normalized spacial score (nSPS) is 14.4. The Kier molecular flexibility index (Phi) is 8.57. The topological polar surface area (TPSA) is 58.6 Å². The molecule has 2 aromatic rings. The van der Waals surface area contributed by atoms with E-state index in [9.17, 15) is 9.59 Å². The van der Waals surface area contributed by atoms with Crippen LogP contribution in [-0.2, 0) is 16.0 Å². The van der Waals surface area contributed by atoms with Gasteiger partial charge in [-0.25, -0.2) is 0 Å². The van der Waals surface area contributed by atoms with Crippen LogP contribution in [0.5, 0.6) is 5.75 Å². The van der Waals surface area contributed by atoms with Crippen molar-refractivity contribution in [3.05, 3.63) is 65.2 Å². The Morgan fingerprint density at radius 2 is 1.70 bits per heavy atom. The molecule has 0 saturated carbocycles. The molecule has 1 heterocycles. The first-order chi connectivity index (χ1) is 14.6. The number of para-hydroxylation sites is 1. The van der Waals surface area contributed by atoms with Crippen molar-refractivity contribution in [3.63, 3.8) is 0 Å². The maximum atomic E-state index is 12.4. The summed E-state index contributed by atoms with van der Waals surface area (Å²) in [6, 6.07) is 17.4. The number of carbonyl (C=O) groups excluding carboxylic acids is 2. The van der Waals surface area contributed by atoms with Gasteiger partial charge in [-0.2, -0.15) is 0 Å². The second-order valence-corrected chi connectivity index (χ2v) is 8.05. The number of nitrogens with one attached hydrogen (secondary N) is 1. The van der Waals surface area contributed by atoms with E-state index in [1.54, 1.807) is 0 Å². The molecule has 0 radical (unpaired) electrons. The van der Waals surface area contributed by atoms with Crippen LogP contribution in [-0.4, -0.2) is 42.5 Å². The fourth-order valence-corrected chi connectivity index (χ4v) is 3.70. The third-order valence-electron chi connectivity index (χ3n) is 5.31. The Bertz CT molecular complexity index is 803. The average Bonchev–Trinajstić information content (AvgIpc) is 2.77. The van der Waals surface area contributed by atoms with Crippen molar-refractivity contribution in [1.29, 1.82) is 0 Å². The van der Waals surface area contributed by atoms with E-state index in [1.165, 1.54) is 0 Å². The Balaban J connectivity index is 1.28. The summed E-state index contributed by atoms with van der Waals surface area (Å²) in [6.45, 7) is 1.93. The molecule has 1 aliphatic heterocycles. The number of nitrogens with zero attached hydrogens (tertiary/aromatic N) is 1. The lowest BCUT2D eigenvalue weighted by atomic mass is 10.0. The van der Waals surface area contributed by atoms with Gasteiger partial charge < -0.3 is 15.0 Å². The van der Waals surface area contributed by atoms with E-state index in [1.807, 2.05) is 59.5 Å². The highest BCUT2D eigenvalue weighted by molar-refractivity contribution is 6.30. The van der Waals surface area contributed by atoms with Crippen molar-refractivity contribution in [2.75, 3.05) is 19.7 Å². The molecular weight excluding hydrogens is 400 g/mol. The number of likely N-dealkylation sites (tertiary alicyclic amines) is 1. The molecule has 1 saturated heterocycles. The molecule has 2 amide bonds. The quantitative estimate of drug-likeness (QED) is 0.608. The first kappa shape index (κ1) is 22.2. The van der Waals surface area contributed by atoms with E-state index in [2.05, 4.69) is 5.32 Å². The first-order valence-electron chi connectivity index (χ1n) is 10.6. The minimum atomic E-state index is 0.0628. The summed E-state index contributed by atoms with van der Waals surface area (Å²) in [7, 11) is 0. The molecule has 1 N–H and O–H groups in total. The number of rotatable bonds is 9. The molecule has 5 nitrogen and oxygen atoms in total. The SMILES string of the molecule is O=C(CCc1ccc(Cl)cc1)NC1CCN(C(=O)CCCOc2ccccc2)CC1. The number of carbonyl (C=O) groups is 2. The summed E-state index contributed by atoms with van der Waals surface area (Å²) in [6.07, 6.45) is 3.96. The molecule has 0 aromatic heterocycles. The minimum absolute atomic E-state index is 0.0628. The van der Waals surface area contributed by atoms with Crippen LogP contribution in [0.1, 0.15) is 37.7 Å². The summed E-state index contributed by atoms with van der Waals surface area (Å²) in [5.41, 5.74) is 1.10. The highest BCUT2D eigenvalue weighted by Crippen LogP contribution is 2.14. The van der Waals surface area contributed by atoms with E-state index in [4.69, 9.17) is 16.3 Å². The zero-order valence-electron chi connectivity index (χ0n) is 17.2. The Hall–Kier alpha value is -2.53. The van der Waals surface area contributed by atoms with Gasteiger partial charge in [-0.05, 0) is 55.5 Å². The van der Waals surface area contributed by atoms with Gasteiger partial charge in [0, 0.05) is 37.0 Å². The van der Waals surface area contributed by atoms with Crippen molar-refractivity contribution < 1.29 is 14.3 Å². The van der Waals surface area contributed by atoms with Crippen LogP contribution in [0.25, 0.3) is 0 Å². The zero-order chi connectivity index (χ0) is 21.2. The molecule has 0 spiro atoms. The molecule has 3 rings (SSSR count). The standard InChI is InChI=1S/C24H29ClN2O3/c25-20-11-8-19(9-12-20)10-13-23(28)26-21-14-16-27(17-15-21)24(29)7-4-18-30-22-5-2-1-3-6-22/h1-3,5-6,8-9,11-12,21H,4,7,10,13-18H2,(H,26,28). The van der Waals surface area contributed by atoms with Gasteiger partial charge in [0.1, 0.15) is 5.75 Å². The van der Waals surface area contributed by atoms with Crippen LogP contribution in [0, 0.1) is 0 Å². The summed E-state index contributed by atoms with van der Waals surface area (Å²) < 4.78 is 5.64. The van der Waals surface area contributed by atoms with Gasteiger partial charge in [-0.3, -0.25) is 9.59 Å². The van der Waals surface area contributed by atoms with Crippen molar-refractivity contribution >= 4 is 23.4 Å². The predicted molar refractivity (Wildman–Crippen MR) is 119 cm³/mol. The van der Waals surface area contributed by atoms with Gasteiger partial charge >= 0.3 is 0 Å². The summed E-state index contributed by atoms with van der Waals surface area (Å²) >= 11 is 5.88. The fourth-order valence-electron chi connectivity index (χ4n) is 3.57. The number of hydrogen-bond donors (Lipinski definition) is 1. The average molecular weight is 429 g/mol. The summed E-state index contributed by atoms with van der Waals surface area (Å²) in [5, 5.41) is 3.81. The molecule has 6 heteroatoms. The van der Waals surface area contributed by atoms with Gasteiger partial charge in [0.25, 0.3) is 0 Å². The third-order valence-corrected chi connectivity index (χ3v) is 5.57. The van der Waals surface area contributed by atoms with E-state index in [-0.39, 0.29) is 17.9 Å². The van der Waals surface area contributed by atoms with E-state index < -0.39 is 0 Å². The Morgan fingerprint density at radius 3 is 2.40 bits per heavy atom. The van der Waals surface area contributed by atoms with Gasteiger partial charge in [0.15, 0.2) is 0 Å². The smallest absolute Gasteiger partial charge is 0.222 e. The van der Waals surface area contributed by atoms with E-state index in [0.29, 0.717) is 50.4 Å². The second kappa shape index (κ2) is 11.6. The van der Waals surface area contributed by atoms with Crippen molar-refractivity contribution in [2.45, 2.75) is 44.6 Å². The van der Waals surface area contributed by atoms with Crippen LogP contribution in [0.3, 0.4) is 0 Å². The molecule has 2 aromatic carbocycles. The second-order valence-electron chi connectivity index (χ2n) is 7.61. The van der Waals surface area contributed by atoms with Gasteiger partial charge in [-0.15, -0.1) is 0 Å². The highest BCUT2D eigenvalue weighted by atomic mass is 35.5. The lowest BCUT2D eigenvalue weighted by Crippen LogP contribution is -2.46. The molecule has 160 valence electrons. The Morgan fingerprint density at radius 1 is 1.00 bits per heavy atom. The number of hydrogen-bond acceptors (Lipinski definition) is 3. The van der Waals surface area contributed by atoms with Gasteiger partial charge in [-0.1, -0.05) is 41.9 Å². The lowest BCUT2D eigenvalue weighted by Gasteiger charge is -2.32. The number of piperidine rings is 1. The summed E-state index contributed by atoms with van der Waals surface area (Å²) in [4.78, 5) is 26.5. The highest BCUT2D eigenvalue weighted by Gasteiger charge is 2.23. The molecule has 0 atom stereocenters. The monoisotopic (exact) mass is 428 g/mol. The molecule has 0 unspecified atom stereocenters. The number of halogens is 1. The van der Waals surface area contributed by atoms with Crippen LogP contribution in [0.2, 0.25) is 5.02 Å². The van der Waals surface area contributed by atoms with Crippen LogP contribution in [0.4, 0.5) is 0 Å². The van der Waals surface area contributed by atoms with E-state index in [0.717, 1.165) is 24.2 Å². The van der Waals surface area contributed by atoms with E-state index >= 15 is 0 Å². The molecular formula is C24H29ClN2O3. The molecule has 0 bridgehead atoms. The number of aryl methyl sites for hydroxylation is 1. The van der Waals surface area contributed by atoms with Crippen LogP contribution >= 0.6 is 11.6 Å². The maximum absolute atomic E-state index is 12.4. The zero-order valence-corrected chi connectivity index (χ0v) is 17.9. The fraction of sp³-hybridized carbons (Fsp3) is 0.417. The van der Waals surface area contributed by atoms with Crippen LogP contribution < -0.4 is 10.1 Å². The molecule has 30 heavy (non-hydrogen) atoms. The lowest BCUT2D eigenvalue weighted by molar-refractivity contribution is -0.132. The van der Waals surface area contributed by atoms with Crippen LogP contribution in [0.15, 0.2) is 54.6 Å². The first-order valence-corrected chi connectivity index (χ1v) is 11.0. The van der Waals surface area contributed by atoms with Crippen molar-refractivity contribution in [2.24, 2.45) is 0 Å². The number of amides is 2. The Labute approximate surface area is 183 Å². The summed E-state index contributed by atoms with van der Waals surface area (Å²) in [5.74, 6) is 1.06. The minimum Gasteiger partial charge on any atom is -0.494 e. The largest absolute Gasteiger partial charge is 0.494 e. The van der Waals surface area contributed by atoms with Crippen molar-refractivity contribution in [1.82, 2.24) is 10.2 Å². The van der Waals surface area contributed by atoms with Crippen molar-refractivity contribution in [3.8, 4) is 5.75 Å². The molecule has 1 aliphatic rings. The molecule has 1 fully saturated rings. The van der Waals surface area contributed by atoms with Gasteiger partial charge in [0.2, 0.25) is 11.8 Å².